The van der Waals surface area contributed by atoms with Gasteiger partial charge >= 0.3 is 0 Å². The average molecular weight is 577 g/mol. The maximum absolute atomic E-state index is 12.1. The Morgan fingerprint density at radius 2 is 1.62 bits per heavy atom. The Hall–Kier alpha value is -2.15. The number of amides is 2. The number of rotatable bonds is 9. The lowest BCUT2D eigenvalue weighted by Gasteiger charge is -2.45. The van der Waals surface area contributed by atoms with Gasteiger partial charge < -0.3 is 65.2 Å². The van der Waals surface area contributed by atoms with E-state index in [1.807, 2.05) is 0 Å². The summed E-state index contributed by atoms with van der Waals surface area (Å²) in [4.78, 5) is 27.6. The van der Waals surface area contributed by atoms with E-state index in [1.54, 1.807) is 0 Å². The largest absolute Gasteiger partial charge is 0.459 e. The molecule has 0 aromatic rings. The summed E-state index contributed by atoms with van der Waals surface area (Å²) in [6.45, 7) is 1.24. The minimum atomic E-state index is -1.16. The third kappa shape index (κ3) is 6.50. The molecule has 4 aliphatic rings. The highest BCUT2D eigenvalue weighted by Crippen LogP contribution is 2.37. The molecule has 13 atom stereocenters. The summed E-state index contributed by atoms with van der Waals surface area (Å²) >= 11 is 0. The second-order valence-electron chi connectivity index (χ2n) is 10.5. The topological polar surface area (TPSA) is 230 Å². The Morgan fingerprint density at radius 3 is 2.23 bits per heavy atom. The lowest BCUT2D eigenvalue weighted by molar-refractivity contribution is -0.309. The molecular formula is C24H40N4O12. The molecule has 1 aliphatic carbocycles. The molecule has 3 saturated heterocycles. The normalized spacial score (nSPS) is 44.0. The summed E-state index contributed by atoms with van der Waals surface area (Å²) in [5.74, 6) is -1.40. The van der Waals surface area contributed by atoms with Gasteiger partial charge in [-0.3, -0.25) is 9.59 Å². The Bertz CT molecular complexity index is 926. The van der Waals surface area contributed by atoms with Crippen molar-refractivity contribution in [2.45, 2.75) is 100 Å². The number of amidine groups is 1. The van der Waals surface area contributed by atoms with Crippen molar-refractivity contribution in [2.24, 2.45) is 10.9 Å². The number of ether oxygens (including phenoxy) is 5. The molecule has 3 aliphatic heterocycles. The van der Waals surface area contributed by atoms with Crippen LogP contribution in [0.4, 0.5) is 0 Å². The monoisotopic (exact) mass is 576 g/mol. The van der Waals surface area contributed by atoms with Crippen LogP contribution in [0.25, 0.3) is 0 Å². The second kappa shape index (κ2) is 13.2. The van der Waals surface area contributed by atoms with E-state index >= 15 is 0 Å². The first-order chi connectivity index (χ1) is 19.1. The van der Waals surface area contributed by atoms with E-state index in [4.69, 9.17) is 23.7 Å². The fourth-order valence-corrected chi connectivity index (χ4v) is 5.86. The lowest BCUT2D eigenvalue weighted by Crippen LogP contribution is -2.61. The summed E-state index contributed by atoms with van der Waals surface area (Å²) in [6.07, 6.45) is -8.55. The molecule has 4 rings (SSSR count). The van der Waals surface area contributed by atoms with Crippen LogP contribution in [0, 0.1) is 5.92 Å². The molecule has 0 aromatic carbocycles. The fourth-order valence-electron chi connectivity index (χ4n) is 5.86. The zero-order chi connectivity index (χ0) is 29.1. The first kappa shape index (κ1) is 30.8. The predicted octanol–water partition coefficient (Wildman–Crippen LogP) is -4.33. The zero-order valence-corrected chi connectivity index (χ0v) is 22.6. The predicted molar refractivity (Wildman–Crippen MR) is 133 cm³/mol. The van der Waals surface area contributed by atoms with E-state index in [0.29, 0.717) is 0 Å². The van der Waals surface area contributed by atoms with Gasteiger partial charge in [-0.15, -0.1) is 0 Å². The molecule has 1 saturated carbocycles. The summed E-state index contributed by atoms with van der Waals surface area (Å²) < 4.78 is 29.7. The molecule has 228 valence electrons. The van der Waals surface area contributed by atoms with Gasteiger partial charge in [0, 0.05) is 33.7 Å². The minimum absolute atomic E-state index is 0.0574. The highest BCUT2D eigenvalue weighted by Gasteiger charge is 2.57. The van der Waals surface area contributed by atoms with E-state index < -0.39 is 92.6 Å². The van der Waals surface area contributed by atoms with Gasteiger partial charge in [0.2, 0.25) is 11.8 Å². The van der Waals surface area contributed by atoms with Gasteiger partial charge in [0.15, 0.2) is 12.6 Å². The van der Waals surface area contributed by atoms with Gasteiger partial charge in [0.25, 0.3) is 6.02 Å². The van der Waals surface area contributed by atoms with Gasteiger partial charge in [-0.2, -0.15) is 0 Å². The van der Waals surface area contributed by atoms with E-state index in [9.17, 15) is 35.1 Å². The van der Waals surface area contributed by atoms with Crippen LogP contribution in [0.5, 0.6) is 0 Å². The first-order valence-electron chi connectivity index (χ1n) is 13.3. The maximum atomic E-state index is 12.1. The minimum Gasteiger partial charge on any atom is -0.459 e. The number of aliphatic hydroxyl groups is 5. The van der Waals surface area contributed by atoms with E-state index in [1.165, 1.54) is 20.9 Å². The zero-order valence-electron chi connectivity index (χ0n) is 22.6. The highest BCUT2D eigenvalue weighted by molar-refractivity contribution is 5.76. The van der Waals surface area contributed by atoms with Crippen LogP contribution < -0.4 is 16.0 Å². The van der Waals surface area contributed by atoms with Gasteiger partial charge in [0.05, 0.1) is 56.1 Å². The highest BCUT2D eigenvalue weighted by atomic mass is 16.7. The smallest absolute Gasteiger partial charge is 0.285 e. The third-order valence-corrected chi connectivity index (χ3v) is 7.71. The van der Waals surface area contributed by atoms with Crippen molar-refractivity contribution in [3.05, 3.63) is 0 Å². The maximum Gasteiger partial charge on any atom is 0.285 e. The number of aliphatic imine (C=N–C) groups is 1. The molecule has 3 heterocycles. The summed E-state index contributed by atoms with van der Waals surface area (Å²) in [5.41, 5.74) is 0. The number of nitrogens with zero attached hydrogens (tertiary/aromatic N) is 1. The molecule has 0 aromatic heterocycles. The molecule has 0 radical (unpaired) electrons. The fraction of sp³-hybridized carbons (Fsp3) is 0.875. The van der Waals surface area contributed by atoms with Crippen LogP contribution >= 0.6 is 0 Å². The standard InChI is InChI=1S/C24H40N4O12/c1-9(32)26-12-5-17(37-16(8-31)19(12)34)36-14-4-13(27-10(2)33)23(38-15(14)7-30)39-22-11(6-29)21-18(20(22)35)28-24(25-3)40-21/h11-23,29-31,34-35H,4-8H2,1-3H3,(H,25,28)(H,26,32)(H,27,33)/t11-,12?,13+,14-,15-,16+,17+,18?,19-,20+,21?,22+,23-/m0/s1. The number of aliphatic hydroxyl groups excluding tert-OH is 5. The van der Waals surface area contributed by atoms with Crippen LogP contribution in [-0.2, 0) is 33.3 Å². The van der Waals surface area contributed by atoms with Crippen molar-refractivity contribution >= 4 is 17.8 Å². The number of nitrogens with one attached hydrogen (secondary N) is 3. The Morgan fingerprint density at radius 1 is 0.950 bits per heavy atom. The van der Waals surface area contributed by atoms with Crippen molar-refractivity contribution in [2.75, 3.05) is 26.9 Å². The summed E-state index contributed by atoms with van der Waals surface area (Å²) in [5, 5.41) is 59.6. The van der Waals surface area contributed by atoms with Crippen LogP contribution in [0.15, 0.2) is 4.99 Å². The molecule has 8 N–H and O–H groups in total. The number of hydrogen-bond acceptors (Lipinski definition) is 13. The molecule has 2 amide bonds. The SMILES string of the molecule is CN=C1NC2C(O1)[C@H](CO)[C@@H](O[C@@H]1O[C@@H](CO)[C@@H](O[C@H]3CC(NC(C)=O)[C@H](O)[C@@H](CO)O3)C[C@H]1NC(C)=O)[C@@H]2O. The lowest BCUT2D eigenvalue weighted by atomic mass is 9.97. The molecule has 3 unspecified atom stereocenters. The summed E-state index contributed by atoms with van der Waals surface area (Å²) in [7, 11) is 1.53. The van der Waals surface area contributed by atoms with E-state index in [2.05, 4.69) is 20.9 Å². The number of fused-ring (bicyclic) bond motifs is 1. The molecule has 40 heavy (non-hydrogen) atoms. The van der Waals surface area contributed by atoms with Crippen LogP contribution in [-0.4, -0.2) is 144 Å². The Kier molecular flexibility index (Phi) is 10.2. The molecule has 0 spiro atoms. The third-order valence-electron chi connectivity index (χ3n) is 7.71. The molecule has 0 bridgehead atoms. The van der Waals surface area contributed by atoms with Crippen molar-refractivity contribution in [3.8, 4) is 0 Å². The number of carbonyl (C=O) groups is 2. The van der Waals surface area contributed by atoms with Crippen LogP contribution in [0.3, 0.4) is 0 Å². The number of hydrogen-bond donors (Lipinski definition) is 8. The van der Waals surface area contributed by atoms with Gasteiger partial charge in [-0.25, -0.2) is 4.99 Å². The molecule has 16 nitrogen and oxygen atoms in total. The second-order valence-corrected chi connectivity index (χ2v) is 10.5. The summed E-state index contributed by atoms with van der Waals surface area (Å²) in [6, 6.07) is -1.87. The first-order valence-corrected chi connectivity index (χ1v) is 13.3. The van der Waals surface area contributed by atoms with E-state index in [0.717, 1.165) is 0 Å². The van der Waals surface area contributed by atoms with Crippen LogP contribution in [0.2, 0.25) is 0 Å². The van der Waals surface area contributed by atoms with E-state index in [-0.39, 0.29) is 37.3 Å². The van der Waals surface area contributed by atoms with Gasteiger partial charge in [0.1, 0.15) is 30.5 Å². The van der Waals surface area contributed by atoms with Crippen molar-refractivity contribution in [3.63, 3.8) is 0 Å². The average Bonchev–Trinajstić information content (AvgIpc) is 3.43. The van der Waals surface area contributed by atoms with Crippen molar-refractivity contribution < 1.29 is 58.8 Å². The van der Waals surface area contributed by atoms with Gasteiger partial charge in [-0.05, 0) is 0 Å². The Balaban J connectivity index is 1.47. The van der Waals surface area contributed by atoms with Crippen LogP contribution in [0.1, 0.15) is 26.7 Å². The molecule has 16 heteroatoms. The molecular weight excluding hydrogens is 536 g/mol. The number of carbonyl (C=O) groups excluding carboxylic acids is 2. The van der Waals surface area contributed by atoms with Crippen molar-refractivity contribution in [1.29, 1.82) is 0 Å². The Labute approximate surface area is 231 Å². The van der Waals surface area contributed by atoms with Gasteiger partial charge in [-0.1, -0.05) is 0 Å². The quantitative estimate of drug-likeness (QED) is 0.130. The molecule has 4 fully saturated rings. The van der Waals surface area contributed by atoms with Crippen molar-refractivity contribution in [1.82, 2.24) is 16.0 Å².